The fourth-order valence-corrected chi connectivity index (χ4v) is 2.29. The highest BCUT2D eigenvalue weighted by Crippen LogP contribution is 2.56. The van der Waals surface area contributed by atoms with Gasteiger partial charge in [-0.3, -0.25) is 4.79 Å². The first-order valence-electron chi connectivity index (χ1n) is 3.57. The van der Waals surface area contributed by atoms with E-state index < -0.39 is 0 Å². The first kappa shape index (κ1) is 6.41. The van der Waals surface area contributed by atoms with Gasteiger partial charge < -0.3 is 0 Å². The largest absolute Gasteiger partial charge is 0.281 e. The highest BCUT2D eigenvalue weighted by atomic mass is 35.5. The summed E-state index contributed by atoms with van der Waals surface area (Å²) in [4.78, 5) is 10.7. The van der Waals surface area contributed by atoms with Gasteiger partial charge in [0.05, 0.1) is 0 Å². The van der Waals surface area contributed by atoms with Crippen molar-refractivity contribution in [3.8, 4) is 0 Å². The van der Waals surface area contributed by atoms with Crippen LogP contribution in [0.15, 0.2) is 11.6 Å². The van der Waals surface area contributed by atoms with Crippen LogP contribution < -0.4 is 0 Å². The maximum absolute atomic E-state index is 10.7. The Balaban J connectivity index is 2.09. The van der Waals surface area contributed by atoms with Crippen molar-refractivity contribution in [3.05, 3.63) is 11.6 Å². The molecule has 0 aromatic carbocycles. The van der Waals surface area contributed by atoms with Crippen LogP contribution in [0.3, 0.4) is 0 Å². The second-order valence-electron chi connectivity index (χ2n) is 3.29. The van der Waals surface area contributed by atoms with Gasteiger partial charge in [-0.05, 0) is 36.8 Å². The van der Waals surface area contributed by atoms with Gasteiger partial charge in [0.25, 0.3) is 0 Å². The summed E-state index contributed by atoms with van der Waals surface area (Å²) >= 11 is 5.36. The zero-order valence-corrected chi connectivity index (χ0v) is 6.56. The molecule has 0 bridgehead atoms. The lowest BCUT2D eigenvalue weighted by Crippen LogP contribution is -1.94. The zero-order valence-electron chi connectivity index (χ0n) is 5.80. The van der Waals surface area contributed by atoms with Crippen molar-refractivity contribution in [1.82, 2.24) is 0 Å². The Kier molecular flexibility index (Phi) is 1.19. The quantitative estimate of drug-likeness (QED) is 0.419. The second-order valence-corrected chi connectivity index (χ2v) is 3.66. The van der Waals surface area contributed by atoms with Crippen LogP contribution in [0.2, 0.25) is 0 Å². The Hall–Kier alpha value is -0.300. The van der Waals surface area contributed by atoms with E-state index in [0.717, 1.165) is 6.42 Å². The van der Waals surface area contributed by atoms with Crippen molar-refractivity contribution < 1.29 is 4.79 Å². The normalized spacial score (nSPS) is 42.6. The molecule has 0 aromatic rings. The van der Waals surface area contributed by atoms with Crippen molar-refractivity contribution in [2.24, 2.45) is 17.8 Å². The molecule has 3 atom stereocenters. The fraction of sp³-hybridized carbons (Fsp3) is 0.625. The Labute approximate surface area is 65.1 Å². The van der Waals surface area contributed by atoms with E-state index in [1.165, 1.54) is 5.57 Å². The number of carbonyl (C=O) groups is 1. The molecule has 0 saturated heterocycles. The van der Waals surface area contributed by atoms with Gasteiger partial charge >= 0.3 is 0 Å². The number of carbonyl (C=O) groups excluding carboxylic acids is 1. The molecular formula is C8H9ClO. The number of hydrogen-bond acceptors (Lipinski definition) is 1. The molecule has 1 saturated carbocycles. The first-order valence-corrected chi connectivity index (χ1v) is 3.94. The van der Waals surface area contributed by atoms with E-state index in [0.29, 0.717) is 11.8 Å². The molecule has 54 valence electrons. The first-order chi connectivity index (χ1) is 4.70. The summed E-state index contributed by atoms with van der Waals surface area (Å²) in [6, 6.07) is 0. The Morgan fingerprint density at radius 2 is 2.50 bits per heavy atom. The lowest BCUT2D eigenvalue weighted by molar-refractivity contribution is -0.113. The molecule has 2 aliphatic rings. The molecule has 0 N–H and O–H groups in total. The minimum atomic E-state index is -0.140. The van der Waals surface area contributed by atoms with Crippen LogP contribution in [-0.4, -0.2) is 5.24 Å². The third kappa shape index (κ3) is 0.734. The van der Waals surface area contributed by atoms with E-state index in [2.05, 4.69) is 13.0 Å². The van der Waals surface area contributed by atoms with Crippen LogP contribution in [0.5, 0.6) is 0 Å². The standard InChI is InChI=1S/C8H9ClO/c1-4-2-5-6(3-4)7(5)8(9)10/h2,5-7H,3H2,1H3/t5-,6+,7+/m1/s1. The average molecular weight is 157 g/mol. The Morgan fingerprint density at radius 1 is 1.80 bits per heavy atom. The summed E-state index contributed by atoms with van der Waals surface area (Å²) in [6.07, 6.45) is 3.28. The second kappa shape index (κ2) is 1.85. The van der Waals surface area contributed by atoms with Crippen LogP contribution in [0.4, 0.5) is 0 Å². The molecule has 2 heteroatoms. The van der Waals surface area contributed by atoms with Gasteiger partial charge in [-0.2, -0.15) is 0 Å². The van der Waals surface area contributed by atoms with Crippen LogP contribution in [-0.2, 0) is 4.79 Å². The molecule has 0 spiro atoms. The van der Waals surface area contributed by atoms with Crippen LogP contribution in [0.25, 0.3) is 0 Å². The van der Waals surface area contributed by atoms with Gasteiger partial charge in [0, 0.05) is 5.92 Å². The van der Waals surface area contributed by atoms with Gasteiger partial charge in [-0.1, -0.05) is 11.6 Å². The predicted molar refractivity (Wildman–Crippen MR) is 39.7 cm³/mol. The van der Waals surface area contributed by atoms with Gasteiger partial charge in [0.15, 0.2) is 0 Å². The average Bonchev–Trinajstić information content (AvgIpc) is 2.32. The summed E-state index contributed by atoms with van der Waals surface area (Å²) in [5.41, 5.74) is 1.42. The van der Waals surface area contributed by atoms with Crippen molar-refractivity contribution in [2.75, 3.05) is 0 Å². The highest BCUT2D eigenvalue weighted by Gasteiger charge is 2.55. The smallest absolute Gasteiger partial charge is 0.225 e. The molecular weight excluding hydrogens is 148 g/mol. The summed E-state index contributed by atoms with van der Waals surface area (Å²) in [7, 11) is 0. The Morgan fingerprint density at radius 3 is 2.90 bits per heavy atom. The summed E-state index contributed by atoms with van der Waals surface area (Å²) in [6.45, 7) is 2.11. The van der Waals surface area contributed by atoms with E-state index >= 15 is 0 Å². The molecule has 1 fully saturated rings. The van der Waals surface area contributed by atoms with Crippen LogP contribution >= 0.6 is 11.6 Å². The van der Waals surface area contributed by atoms with E-state index in [9.17, 15) is 4.79 Å². The molecule has 0 heterocycles. The maximum atomic E-state index is 10.7. The zero-order chi connectivity index (χ0) is 7.30. The van der Waals surface area contributed by atoms with Gasteiger partial charge in [0.1, 0.15) is 0 Å². The molecule has 0 aromatic heterocycles. The van der Waals surface area contributed by atoms with E-state index in [1.807, 2.05) is 0 Å². The third-order valence-corrected chi connectivity index (χ3v) is 2.78. The lowest BCUT2D eigenvalue weighted by Gasteiger charge is -1.94. The van der Waals surface area contributed by atoms with E-state index in [1.54, 1.807) is 0 Å². The van der Waals surface area contributed by atoms with Gasteiger partial charge in [-0.15, -0.1) is 0 Å². The maximum Gasteiger partial charge on any atom is 0.225 e. The topological polar surface area (TPSA) is 17.1 Å². The fourth-order valence-electron chi connectivity index (χ4n) is 1.98. The minimum absolute atomic E-state index is 0.140. The van der Waals surface area contributed by atoms with Crippen molar-refractivity contribution in [1.29, 1.82) is 0 Å². The number of hydrogen-bond donors (Lipinski definition) is 0. The molecule has 2 rings (SSSR count). The number of rotatable bonds is 1. The predicted octanol–water partition coefficient (Wildman–Crippen LogP) is 1.96. The molecule has 1 nitrogen and oxygen atoms in total. The molecule has 0 amide bonds. The molecule has 0 unspecified atom stereocenters. The Bertz CT molecular complexity index is 219. The van der Waals surface area contributed by atoms with E-state index in [-0.39, 0.29) is 11.2 Å². The lowest BCUT2D eigenvalue weighted by atomic mass is 10.1. The number of halogens is 1. The third-order valence-electron chi connectivity index (χ3n) is 2.53. The van der Waals surface area contributed by atoms with Crippen molar-refractivity contribution in [2.45, 2.75) is 13.3 Å². The number of allylic oxidation sites excluding steroid dienone is 2. The van der Waals surface area contributed by atoms with Crippen LogP contribution in [0, 0.1) is 17.8 Å². The van der Waals surface area contributed by atoms with Crippen molar-refractivity contribution >= 4 is 16.8 Å². The molecule has 0 radical (unpaired) electrons. The SMILES string of the molecule is CC1=C[C@@H]2[C@H](C1)[C@H]2C(=O)Cl. The monoisotopic (exact) mass is 156 g/mol. The van der Waals surface area contributed by atoms with Crippen molar-refractivity contribution in [3.63, 3.8) is 0 Å². The molecule has 2 aliphatic carbocycles. The minimum Gasteiger partial charge on any atom is -0.281 e. The highest BCUT2D eigenvalue weighted by molar-refractivity contribution is 6.64. The van der Waals surface area contributed by atoms with E-state index in [4.69, 9.17) is 11.6 Å². The molecule has 10 heavy (non-hydrogen) atoms. The molecule has 0 aliphatic heterocycles. The summed E-state index contributed by atoms with van der Waals surface area (Å²) < 4.78 is 0. The number of fused-ring (bicyclic) bond motifs is 1. The summed E-state index contributed by atoms with van der Waals surface area (Å²) in [5, 5.41) is -0.140. The van der Waals surface area contributed by atoms with Gasteiger partial charge in [0.2, 0.25) is 5.24 Å². The summed E-state index contributed by atoms with van der Waals surface area (Å²) in [5.74, 6) is 1.25. The van der Waals surface area contributed by atoms with Crippen LogP contribution in [0.1, 0.15) is 13.3 Å². The van der Waals surface area contributed by atoms with Gasteiger partial charge in [-0.25, -0.2) is 0 Å².